The van der Waals surface area contributed by atoms with E-state index in [-0.39, 0.29) is 11.8 Å². The van der Waals surface area contributed by atoms with Crippen LogP contribution in [0.25, 0.3) is 0 Å². The van der Waals surface area contributed by atoms with Gasteiger partial charge in [0.1, 0.15) is 0 Å². The third kappa shape index (κ3) is 5.55. The van der Waals surface area contributed by atoms with E-state index in [4.69, 9.17) is 0 Å². The number of aryl methyl sites for hydroxylation is 1. The molecule has 0 aliphatic carbocycles. The zero-order chi connectivity index (χ0) is 19.2. The zero-order valence-corrected chi connectivity index (χ0v) is 16.7. The van der Waals surface area contributed by atoms with E-state index < -0.39 is 0 Å². The number of rotatable bonds is 5. The SMILES string of the molecule is Cc1cc(C(=O)N2CCC(C)CC2)ccc1NC(=O)CCC1CCNCC1. The van der Waals surface area contributed by atoms with Crippen LogP contribution in [-0.2, 0) is 4.79 Å². The Kier molecular flexibility index (Phi) is 6.89. The van der Waals surface area contributed by atoms with Gasteiger partial charge in [-0.1, -0.05) is 6.92 Å². The first-order valence-corrected chi connectivity index (χ1v) is 10.4. The molecule has 1 aromatic carbocycles. The summed E-state index contributed by atoms with van der Waals surface area (Å²) >= 11 is 0. The Morgan fingerprint density at radius 2 is 1.85 bits per heavy atom. The van der Waals surface area contributed by atoms with Gasteiger partial charge in [-0.15, -0.1) is 0 Å². The molecule has 3 rings (SSSR count). The molecule has 2 heterocycles. The van der Waals surface area contributed by atoms with Crippen LogP contribution in [0.5, 0.6) is 0 Å². The van der Waals surface area contributed by atoms with Gasteiger partial charge < -0.3 is 15.5 Å². The number of hydrogen-bond donors (Lipinski definition) is 2. The molecular weight excluding hydrogens is 338 g/mol. The largest absolute Gasteiger partial charge is 0.339 e. The number of anilines is 1. The number of carbonyl (C=O) groups excluding carboxylic acids is 2. The molecule has 2 aliphatic rings. The Balaban J connectivity index is 1.52. The molecule has 0 saturated carbocycles. The number of nitrogens with one attached hydrogen (secondary N) is 2. The molecule has 2 amide bonds. The van der Waals surface area contributed by atoms with Crippen LogP contribution in [0, 0.1) is 18.8 Å². The number of likely N-dealkylation sites (tertiary alicyclic amines) is 1. The highest BCUT2D eigenvalue weighted by molar-refractivity contribution is 5.96. The lowest BCUT2D eigenvalue weighted by atomic mass is 9.93. The number of carbonyl (C=O) groups is 2. The molecule has 0 aromatic heterocycles. The molecule has 27 heavy (non-hydrogen) atoms. The fourth-order valence-corrected chi connectivity index (χ4v) is 4.05. The van der Waals surface area contributed by atoms with Crippen molar-refractivity contribution in [1.82, 2.24) is 10.2 Å². The molecule has 148 valence electrons. The molecule has 0 atom stereocenters. The second kappa shape index (κ2) is 9.36. The van der Waals surface area contributed by atoms with Crippen molar-refractivity contribution in [3.8, 4) is 0 Å². The van der Waals surface area contributed by atoms with Gasteiger partial charge in [0.2, 0.25) is 5.91 Å². The monoisotopic (exact) mass is 371 g/mol. The molecule has 1 aromatic rings. The number of hydrogen-bond acceptors (Lipinski definition) is 3. The second-order valence-corrected chi connectivity index (χ2v) is 8.28. The smallest absolute Gasteiger partial charge is 0.253 e. The van der Waals surface area contributed by atoms with E-state index in [0.717, 1.165) is 62.3 Å². The van der Waals surface area contributed by atoms with Crippen LogP contribution in [0.3, 0.4) is 0 Å². The number of benzene rings is 1. The third-order valence-electron chi connectivity index (χ3n) is 6.06. The highest BCUT2D eigenvalue weighted by atomic mass is 16.2. The van der Waals surface area contributed by atoms with E-state index in [1.165, 1.54) is 12.8 Å². The summed E-state index contributed by atoms with van der Waals surface area (Å²) in [5, 5.41) is 6.38. The lowest BCUT2D eigenvalue weighted by Gasteiger charge is -2.30. The average molecular weight is 372 g/mol. The van der Waals surface area contributed by atoms with Crippen LogP contribution >= 0.6 is 0 Å². The van der Waals surface area contributed by atoms with E-state index in [1.807, 2.05) is 30.0 Å². The predicted octanol–water partition coefficient (Wildman–Crippen LogP) is 3.59. The first-order chi connectivity index (χ1) is 13.0. The molecule has 2 saturated heterocycles. The van der Waals surface area contributed by atoms with E-state index in [1.54, 1.807) is 0 Å². The minimum Gasteiger partial charge on any atom is -0.339 e. The molecule has 2 aliphatic heterocycles. The molecule has 2 fully saturated rings. The summed E-state index contributed by atoms with van der Waals surface area (Å²) in [5.41, 5.74) is 2.48. The second-order valence-electron chi connectivity index (χ2n) is 8.28. The van der Waals surface area contributed by atoms with E-state index in [9.17, 15) is 9.59 Å². The Hall–Kier alpha value is -1.88. The molecule has 0 unspecified atom stereocenters. The fraction of sp³-hybridized carbons (Fsp3) is 0.636. The summed E-state index contributed by atoms with van der Waals surface area (Å²) in [7, 11) is 0. The van der Waals surface area contributed by atoms with Crippen molar-refractivity contribution in [3.05, 3.63) is 29.3 Å². The summed E-state index contributed by atoms with van der Waals surface area (Å²) in [5.74, 6) is 1.54. The molecule has 5 heteroatoms. The lowest BCUT2D eigenvalue weighted by molar-refractivity contribution is -0.116. The van der Waals surface area contributed by atoms with Crippen LogP contribution in [0.2, 0.25) is 0 Å². The van der Waals surface area contributed by atoms with Gasteiger partial charge in [-0.2, -0.15) is 0 Å². The van der Waals surface area contributed by atoms with Crippen molar-refractivity contribution in [1.29, 1.82) is 0 Å². The maximum atomic E-state index is 12.7. The minimum absolute atomic E-state index is 0.0701. The molecular formula is C22H33N3O2. The topological polar surface area (TPSA) is 61.4 Å². The van der Waals surface area contributed by atoms with Crippen molar-refractivity contribution in [2.75, 3.05) is 31.5 Å². The first-order valence-electron chi connectivity index (χ1n) is 10.4. The van der Waals surface area contributed by atoms with Crippen LogP contribution in [0.15, 0.2) is 18.2 Å². The van der Waals surface area contributed by atoms with E-state index in [2.05, 4.69) is 17.6 Å². The lowest BCUT2D eigenvalue weighted by Crippen LogP contribution is -2.37. The normalized spacial score (nSPS) is 19.1. The van der Waals surface area contributed by atoms with Gasteiger partial charge in [-0.05, 0) is 87.7 Å². The quantitative estimate of drug-likeness (QED) is 0.831. The highest BCUT2D eigenvalue weighted by Gasteiger charge is 2.22. The van der Waals surface area contributed by atoms with Crippen molar-refractivity contribution in [3.63, 3.8) is 0 Å². The minimum atomic E-state index is 0.0701. The maximum absolute atomic E-state index is 12.7. The Morgan fingerprint density at radius 1 is 1.15 bits per heavy atom. The average Bonchev–Trinajstić information content (AvgIpc) is 2.69. The van der Waals surface area contributed by atoms with Crippen LogP contribution < -0.4 is 10.6 Å². The number of nitrogens with zero attached hydrogens (tertiary/aromatic N) is 1. The molecule has 0 radical (unpaired) electrons. The zero-order valence-electron chi connectivity index (χ0n) is 16.7. The van der Waals surface area contributed by atoms with Gasteiger partial charge in [0.25, 0.3) is 5.91 Å². The molecule has 5 nitrogen and oxygen atoms in total. The Bertz CT molecular complexity index is 660. The van der Waals surface area contributed by atoms with Crippen molar-refractivity contribution < 1.29 is 9.59 Å². The van der Waals surface area contributed by atoms with Gasteiger partial charge in [0.15, 0.2) is 0 Å². The van der Waals surface area contributed by atoms with E-state index in [0.29, 0.717) is 18.3 Å². The highest BCUT2D eigenvalue weighted by Crippen LogP contribution is 2.22. The third-order valence-corrected chi connectivity index (χ3v) is 6.06. The van der Waals surface area contributed by atoms with Gasteiger partial charge in [0.05, 0.1) is 0 Å². The van der Waals surface area contributed by atoms with Crippen LogP contribution in [0.4, 0.5) is 5.69 Å². The van der Waals surface area contributed by atoms with E-state index >= 15 is 0 Å². The van der Waals surface area contributed by atoms with Crippen molar-refractivity contribution in [2.45, 2.75) is 52.4 Å². The summed E-state index contributed by atoms with van der Waals surface area (Å²) in [6.07, 6.45) is 6.01. The maximum Gasteiger partial charge on any atom is 0.253 e. The summed E-state index contributed by atoms with van der Waals surface area (Å²) in [6, 6.07) is 5.62. The fourth-order valence-electron chi connectivity index (χ4n) is 4.05. The summed E-state index contributed by atoms with van der Waals surface area (Å²) in [4.78, 5) is 27.0. The summed E-state index contributed by atoms with van der Waals surface area (Å²) < 4.78 is 0. The van der Waals surface area contributed by atoms with Crippen LogP contribution in [0.1, 0.15) is 61.4 Å². The van der Waals surface area contributed by atoms with Gasteiger partial charge >= 0.3 is 0 Å². The van der Waals surface area contributed by atoms with Gasteiger partial charge in [0, 0.05) is 30.8 Å². The van der Waals surface area contributed by atoms with Crippen molar-refractivity contribution in [2.24, 2.45) is 11.8 Å². The molecule has 2 N–H and O–H groups in total. The van der Waals surface area contributed by atoms with Gasteiger partial charge in [-0.3, -0.25) is 9.59 Å². The molecule has 0 spiro atoms. The number of amides is 2. The van der Waals surface area contributed by atoms with Gasteiger partial charge in [-0.25, -0.2) is 0 Å². The predicted molar refractivity (Wildman–Crippen MR) is 109 cm³/mol. The van der Waals surface area contributed by atoms with Crippen molar-refractivity contribution >= 4 is 17.5 Å². The first kappa shape index (κ1) is 19.9. The molecule has 0 bridgehead atoms. The Morgan fingerprint density at radius 3 is 2.52 bits per heavy atom. The standard InChI is InChI=1S/C22H33N3O2/c1-16-9-13-25(14-10-16)22(27)19-4-5-20(17(2)15-19)24-21(26)6-3-18-7-11-23-12-8-18/h4-5,15-16,18,23H,3,6-14H2,1-2H3,(H,24,26). The van der Waals surface area contributed by atoms with Crippen LogP contribution in [-0.4, -0.2) is 42.9 Å². The summed E-state index contributed by atoms with van der Waals surface area (Å²) in [6.45, 7) is 8.02. The Labute approximate surface area is 162 Å². The number of piperidine rings is 2.